The molecule has 5 nitrogen and oxygen atoms in total. The Hall–Kier alpha value is -3.10. The van der Waals surface area contributed by atoms with Gasteiger partial charge in [-0.05, 0) is 56.0 Å². The standard InChI is InChI=1S/C24H26N4O/c1-19-16-20(8-7-14-25-21-9-3-2-4-10-21)12-13-23(19)24-18-28(27-26-24)17-22-11-5-6-15-29-22/h2-4,9-10,12-13,16,18,22,25H,5-6,11,14-15,17H2,1H3/t22-/m0/s1. The topological polar surface area (TPSA) is 52.0 Å². The molecule has 2 heterocycles. The summed E-state index contributed by atoms with van der Waals surface area (Å²) in [5.74, 6) is 6.40. The summed E-state index contributed by atoms with van der Waals surface area (Å²) >= 11 is 0. The Morgan fingerprint density at radius 2 is 2.07 bits per heavy atom. The van der Waals surface area contributed by atoms with Crippen LogP contribution in [-0.2, 0) is 11.3 Å². The van der Waals surface area contributed by atoms with Gasteiger partial charge < -0.3 is 10.1 Å². The Balaban J connectivity index is 1.38. The number of anilines is 1. The van der Waals surface area contributed by atoms with Gasteiger partial charge >= 0.3 is 0 Å². The van der Waals surface area contributed by atoms with Crippen LogP contribution < -0.4 is 5.32 Å². The first-order valence-electron chi connectivity index (χ1n) is 10.2. The van der Waals surface area contributed by atoms with E-state index in [0.29, 0.717) is 6.54 Å². The Morgan fingerprint density at radius 1 is 1.17 bits per heavy atom. The SMILES string of the molecule is Cc1cc(C#CCNc2ccccc2)ccc1-c1cn(C[C@@H]2CCCCO2)nn1. The first kappa shape index (κ1) is 19.2. The number of ether oxygens (including phenoxy) is 1. The molecular weight excluding hydrogens is 360 g/mol. The van der Waals surface area contributed by atoms with Crippen LogP contribution >= 0.6 is 0 Å². The summed E-state index contributed by atoms with van der Waals surface area (Å²) in [6, 6.07) is 16.3. The fraction of sp³-hybridized carbons (Fsp3) is 0.333. The maximum Gasteiger partial charge on any atom is 0.113 e. The highest BCUT2D eigenvalue weighted by molar-refractivity contribution is 5.64. The molecule has 0 radical (unpaired) electrons. The van der Waals surface area contributed by atoms with E-state index >= 15 is 0 Å². The third-order valence-corrected chi connectivity index (χ3v) is 5.09. The number of aromatic nitrogens is 3. The van der Waals surface area contributed by atoms with Crippen molar-refractivity contribution >= 4 is 5.69 Å². The maximum absolute atomic E-state index is 5.80. The minimum Gasteiger partial charge on any atom is -0.376 e. The van der Waals surface area contributed by atoms with Crippen molar-refractivity contribution in [2.45, 2.75) is 38.8 Å². The number of rotatable bonds is 5. The van der Waals surface area contributed by atoms with Gasteiger partial charge in [-0.15, -0.1) is 5.10 Å². The van der Waals surface area contributed by atoms with E-state index in [9.17, 15) is 0 Å². The van der Waals surface area contributed by atoms with Crippen molar-refractivity contribution in [3.05, 3.63) is 65.9 Å². The summed E-state index contributed by atoms with van der Waals surface area (Å²) in [4.78, 5) is 0. The van der Waals surface area contributed by atoms with E-state index in [0.717, 1.165) is 54.1 Å². The molecule has 1 aliphatic heterocycles. The zero-order chi connectivity index (χ0) is 19.9. The highest BCUT2D eigenvalue weighted by atomic mass is 16.5. The predicted molar refractivity (Wildman–Crippen MR) is 116 cm³/mol. The van der Waals surface area contributed by atoms with Crippen molar-refractivity contribution < 1.29 is 4.74 Å². The van der Waals surface area contributed by atoms with E-state index in [1.165, 1.54) is 6.42 Å². The van der Waals surface area contributed by atoms with Gasteiger partial charge in [0.1, 0.15) is 5.69 Å². The van der Waals surface area contributed by atoms with Crippen LogP contribution in [0.1, 0.15) is 30.4 Å². The van der Waals surface area contributed by atoms with Gasteiger partial charge in [-0.3, -0.25) is 0 Å². The van der Waals surface area contributed by atoms with E-state index in [-0.39, 0.29) is 6.10 Å². The Morgan fingerprint density at radius 3 is 2.86 bits per heavy atom. The van der Waals surface area contributed by atoms with E-state index in [4.69, 9.17) is 4.74 Å². The second kappa shape index (κ2) is 9.40. The van der Waals surface area contributed by atoms with E-state index < -0.39 is 0 Å². The minimum absolute atomic E-state index is 0.251. The van der Waals surface area contributed by atoms with Crippen molar-refractivity contribution in [1.29, 1.82) is 0 Å². The molecule has 1 aliphatic rings. The fourth-order valence-corrected chi connectivity index (χ4v) is 3.55. The summed E-state index contributed by atoms with van der Waals surface area (Å²) in [5.41, 5.74) is 5.21. The summed E-state index contributed by atoms with van der Waals surface area (Å²) < 4.78 is 7.70. The molecule has 0 spiro atoms. The van der Waals surface area contributed by atoms with Crippen LogP contribution in [0.3, 0.4) is 0 Å². The average molecular weight is 386 g/mol. The largest absolute Gasteiger partial charge is 0.376 e. The van der Waals surface area contributed by atoms with Crippen LogP contribution in [0.15, 0.2) is 54.7 Å². The van der Waals surface area contributed by atoms with Gasteiger partial charge in [-0.2, -0.15) is 0 Å². The van der Waals surface area contributed by atoms with Gasteiger partial charge in [-0.1, -0.05) is 41.3 Å². The van der Waals surface area contributed by atoms with E-state index in [2.05, 4.69) is 46.5 Å². The number of benzene rings is 2. The van der Waals surface area contributed by atoms with Gasteiger partial charge in [0, 0.05) is 23.4 Å². The molecule has 29 heavy (non-hydrogen) atoms. The second-order valence-corrected chi connectivity index (χ2v) is 7.37. The number of nitrogens with zero attached hydrogens (tertiary/aromatic N) is 3. The average Bonchev–Trinajstić information content (AvgIpc) is 3.21. The summed E-state index contributed by atoms with van der Waals surface area (Å²) in [6.45, 7) is 4.33. The van der Waals surface area contributed by atoms with Crippen molar-refractivity contribution in [3.8, 4) is 23.1 Å². The van der Waals surface area contributed by atoms with E-state index in [1.807, 2.05) is 47.3 Å². The zero-order valence-electron chi connectivity index (χ0n) is 16.8. The van der Waals surface area contributed by atoms with Crippen LogP contribution in [0.5, 0.6) is 0 Å². The molecule has 0 amide bonds. The summed E-state index contributed by atoms with van der Waals surface area (Å²) in [5, 5.41) is 12.0. The number of para-hydroxylation sites is 1. The van der Waals surface area contributed by atoms with Gasteiger partial charge in [-0.25, -0.2) is 4.68 Å². The molecule has 1 N–H and O–H groups in total. The lowest BCUT2D eigenvalue weighted by atomic mass is 10.0. The van der Waals surface area contributed by atoms with Gasteiger partial charge in [0.25, 0.3) is 0 Å². The molecule has 0 aliphatic carbocycles. The minimum atomic E-state index is 0.251. The molecule has 1 atom stereocenters. The van der Waals surface area contributed by atoms with Crippen molar-refractivity contribution in [2.24, 2.45) is 0 Å². The molecule has 5 heteroatoms. The van der Waals surface area contributed by atoms with Crippen molar-refractivity contribution in [1.82, 2.24) is 15.0 Å². The number of hydrogen-bond acceptors (Lipinski definition) is 4. The van der Waals surface area contributed by atoms with Gasteiger partial charge in [0.15, 0.2) is 0 Å². The third kappa shape index (κ3) is 5.24. The molecule has 1 saturated heterocycles. The molecule has 1 fully saturated rings. The van der Waals surface area contributed by atoms with Crippen LogP contribution in [-0.4, -0.2) is 34.2 Å². The summed E-state index contributed by atoms with van der Waals surface area (Å²) in [7, 11) is 0. The van der Waals surface area contributed by atoms with Crippen LogP contribution in [0.2, 0.25) is 0 Å². The van der Waals surface area contributed by atoms with Crippen LogP contribution in [0, 0.1) is 18.8 Å². The molecule has 0 unspecified atom stereocenters. The molecule has 3 aromatic rings. The quantitative estimate of drug-likeness (QED) is 0.665. The molecule has 4 rings (SSSR count). The Labute approximate surface area is 172 Å². The molecule has 148 valence electrons. The lowest BCUT2D eigenvalue weighted by Gasteiger charge is -2.21. The maximum atomic E-state index is 5.80. The predicted octanol–water partition coefficient (Wildman–Crippen LogP) is 4.29. The molecular formula is C24H26N4O. The molecule has 0 saturated carbocycles. The molecule has 0 bridgehead atoms. The highest BCUT2D eigenvalue weighted by Gasteiger charge is 2.16. The Kier molecular flexibility index (Phi) is 6.23. The Bertz CT molecular complexity index is 994. The molecule has 2 aromatic carbocycles. The van der Waals surface area contributed by atoms with Crippen LogP contribution in [0.25, 0.3) is 11.3 Å². The van der Waals surface area contributed by atoms with Crippen molar-refractivity contribution in [2.75, 3.05) is 18.5 Å². The molecule has 1 aromatic heterocycles. The smallest absolute Gasteiger partial charge is 0.113 e. The first-order valence-corrected chi connectivity index (χ1v) is 10.2. The monoisotopic (exact) mass is 386 g/mol. The van der Waals surface area contributed by atoms with Gasteiger partial charge in [0.05, 0.1) is 25.4 Å². The normalized spacial score (nSPS) is 16.1. The summed E-state index contributed by atoms with van der Waals surface area (Å²) in [6.07, 6.45) is 5.75. The lowest BCUT2D eigenvalue weighted by molar-refractivity contribution is 0.00370. The van der Waals surface area contributed by atoms with Crippen molar-refractivity contribution in [3.63, 3.8) is 0 Å². The van der Waals surface area contributed by atoms with Crippen LogP contribution in [0.4, 0.5) is 5.69 Å². The fourth-order valence-electron chi connectivity index (χ4n) is 3.55. The third-order valence-electron chi connectivity index (χ3n) is 5.09. The second-order valence-electron chi connectivity index (χ2n) is 7.37. The highest BCUT2D eigenvalue weighted by Crippen LogP contribution is 2.22. The van der Waals surface area contributed by atoms with Gasteiger partial charge in [0.2, 0.25) is 0 Å². The number of hydrogen-bond donors (Lipinski definition) is 1. The number of aryl methyl sites for hydroxylation is 1. The van der Waals surface area contributed by atoms with E-state index in [1.54, 1.807) is 0 Å². The number of nitrogens with one attached hydrogen (secondary N) is 1. The first-order chi connectivity index (χ1) is 14.3. The lowest BCUT2D eigenvalue weighted by Crippen LogP contribution is -2.24. The zero-order valence-corrected chi connectivity index (χ0v) is 16.8.